The molecule has 7 heteroatoms. The molecule has 138 valence electrons. The molecule has 1 aromatic carbocycles. The summed E-state index contributed by atoms with van der Waals surface area (Å²) in [5.41, 5.74) is 0.636. The third-order valence-electron chi connectivity index (χ3n) is 4.48. The number of ether oxygens (including phenoxy) is 1. The first-order chi connectivity index (χ1) is 12.0. The number of hydrogen-bond acceptors (Lipinski definition) is 3. The molecule has 0 atom stereocenters. The molecule has 2 rings (SSSR count). The fourth-order valence-electron chi connectivity index (χ4n) is 3.01. The Hall–Kier alpha value is -1.30. The van der Waals surface area contributed by atoms with Gasteiger partial charge in [0.15, 0.2) is 0 Å². The van der Waals surface area contributed by atoms with Crippen LogP contribution in [0.5, 0.6) is 0 Å². The molecule has 0 unspecified atom stereocenters. The molecule has 0 spiro atoms. The van der Waals surface area contributed by atoms with Gasteiger partial charge < -0.3 is 15.4 Å². The number of rotatable bonds is 7. The van der Waals surface area contributed by atoms with Crippen LogP contribution in [0.25, 0.3) is 0 Å². The monoisotopic (exact) mass is 386 g/mol. The molecule has 1 aromatic rings. The SMILES string of the molecule is COCCCNC(=O)C1CCC(C(=O)Nc2ccc(Cl)c(Cl)c2)CC1. The maximum Gasteiger partial charge on any atom is 0.227 e. The van der Waals surface area contributed by atoms with Crippen molar-refractivity contribution in [1.82, 2.24) is 5.32 Å². The summed E-state index contributed by atoms with van der Waals surface area (Å²) >= 11 is 11.8. The Morgan fingerprint density at radius 2 is 1.72 bits per heavy atom. The van der Waals surface area contributed by atoms with Crippen molar-refractivity contribution in [2.75, 3.05) is 25.6 Å². The second-order valence-electron chi connectivity index (χ2n) is 6.30. The average Bonchev–Trinajstić information content (AvgIpc) is 2.62. The molecule has 1 aliphatic rings. The smallest absolute Gasteiger partial charge is 0.227 e. The van der Waals surface area contributed by atoms with Gasteiger partial charge in [-0.25, -0.2) is 0 Å². The van der Waals surface area contributed by atoms with Crippen molar-refractivity contribution in [3.05, 3.63) is 28.2 Å². The maximum absolute atomic E-state index is 12.4. The second-order valence-corrected chi connectivity index (χ2v) is 7.12. The Kier molecular flexibility index (Phi) is 8.00. The summed E-state index contributed by atoms with van der Waals surface area (Å²) in [6, 6.07) is 5.02. The van der Waals surface area contributed by atoms with Gasteiger partial charge in [-0.15, -0.1) is 0 Å². The number of anilines is 1. The normalized spacial score (nSPS) is 20.1. The van der Waals surface area contributed by atoms with Crippen molar-refractivity contribution >= 4 is 40.7 Å². The first-order valence-corrected chi connectivity index (χ1v) is 9.29. The number of benzene rings is 1. The molecular formula is C18H24Cl2N2O3. The molecule has 25 heavy (non-hydrogen) atoms. The van der Waals surface area contributed by atoms with Crippen LogP contribution in [0.2, 0.25) is 10.0 Å². The van der Waals surface area contributed by atoms with Crippen LogP contribution in [0.1, 0.15) is 32.1 Å². The van der Waals surface area contributed by atoms with Gasteiger partial charge in [-0.05, 0) is 50.3 Å². The molecule has 0 saturated heterocycles. The van der Waals surface area contributed by atoms with Gasteiger partial charge >= 0.3 is 0 Å². The van der Waals surface area contributed by atoms with Crippen molar-refractivity contribution in [1.29, 1.82) is 0 Å². The Labute approximate surface area is 158 Å². The van der Waals surface area contributed by atoms with Crippen LogP contribution in [0.4, 0.5) is 5.69 Å². The lowest BCUT2D eigenvalue weighted by Crippen LogP contribution is -2.36. The molecular weight excluding hydrogens is 363 g/mol. The molecule has 1 aliphatic carbocycles. The standard InChI is InChI=1S/C18H24Cl2N2O3/c1-25-10-2-9-21-17(23)12-3-5-13(6-4-12)18(24)22-14-7-8-15(19)16(20)11-14/h7-8,11-13H,2-6,9-10H2,1H3,(H,21,23)(H,22,24). The summed E-state index contributed by atoms with van der Waals surface area (Å²) in [4.78, 5) is 24.5. The topological polar surface area (TPSA) is 67.4 Å². The third kappa shape index (κ3) is 6.17. The van der Waals surface area contributed by atoms with Crippen molar-refractivity contribution in [2.24, 2.45) is 11.8 Å². The molecule has 2 amide bonds. The number of methoxy groups -OCH3 is 1. The maximum atomic E-state index is 12.4. The highest BCUT2D eigenvalue weighted by Gasteiger charge is 2.29. The molecule has 5 nitrogen and oxygen atoms in total. The summed E-state index contributed by atoms with van der Waals surface area (Å²) in [5.74, 6) is -0.0275. The van der Waals surface area contributed by atoms with Gasteiger partial charge in [0, 0.05) is 37.8 Å². The van der Waals surface area contributed by atoms with Gasteiger partial charge in [-0.3, -0.25) is 9.59 Å². The van der Waals surface area contributed by atoms with Crippen LogP contribution in [0.3, 0.4) is 0 Å². The zero-order valence-electron chi connectivity index (χ0n) is 14.3. The molecule has 0 aliphatic heterocycles. The summed E-state index contributed by atoms with van der Waals surface area (Å²) in [7, 11) is 1.64. The molecule has 0 heterocycles. The largest absolute Gasteiger partial charge is 0.385 e. The third-order valence-corrected chi connectivity index (χ3v) is 5.22. The second kappa shape index (κ2) is 10.00. The van der Waals surface area contributed by atoms with Gasteiger partial charge in [0.05, 0.1) is 10.0 Å². The van der Waals surface area contributed by atoms with Crippen molar-refractivity contribution in [3.63, 3.8) is 0 Å². The van der Waals surface area contributed by atoms with Crippen molar-refractivity contribution in [2.45, 2.75) is 32.1 Å². The van der Waals surface area contributed by atoms with E-state index in [0.29, 0.717) is 41.7 Å². The Bertz CT molecular complexity index is 602. The Morgan fingerprint density at radius 1 is 1.08 bits per heavy atom. The molecule has 0 aromatic heterocycles. The zero-order chi connectivity index (χ0) is 18.2. The quantitative estimate of drug-likeness (QED) is 0.698. The minimum absolute atomic E-state index is 0.00317. The van der Waals surface area contributed by atoms with E-state index in [2.05, 4.69) is 10.6 Å². The van der Waals surface area contributed by atoms with E-state index in [0.717, 1.165) is 19.3 Å². The Morgan fingerprint density at radius 3 is 2.32 bits per heavy atom. The van der Waals surface area contributed by atoms with E-state index in [1.807, 2.05) is 0 Å². The fraction of sp³-hybridized carbons (Fsp3) is 0.556. The summed E-state index contributed by atoms with van der Waals surface area (Å²) in [6.07, 6.45) is 3.70. The lowest BCUT2D eigenvalue weighted by Gasteiger charge is -2.27. The van der Waals surface area contributed by atoms with E-state index in [1.54, 1.807) is 25.3 Å². The van der Waals surface area contributed by atoms with E-state index in [1.165, 1.54) is 0 Å². The number of carbonyl (C=O) groups excluding carboxylic acids is 2. The van der Waals surface area contributed by atoms with Crippen LogP contribution in [0.15, 0.2) is 18.2 Å². The molecule has 0 radical (unpaired) electrons. The van der Waals surface area contributed by atoms with E-state index in [-0.39, 0.29) is 23.7 Å². The van der Waals surface area contributed by atoms with Gasteiger partial charge in [0.25, 0.3) is 0 Å². The van der Waals surface area contributed by atoms with Crippen LogP contribution in [-0.4, -0.2) is 32.1 Å². The lowest BCUT2D eigenvalue weighted by molar-refractivity contribution is -0.128. The fourth-order valence-corrected chi connectivity index (χ4v) is 3.31. The van der Waals surface area contributed by atoms with Gasteiger partial charge in [0.2, 0.25) is 11.8 Å². The predicted octanol–water partition coefficient (Wildman–Crippen LogP) is 3.89. The van der Waals surface area contributed by atoms with Gasteiger partial charge in [-0.2, -0.15) is 0 Å². The molecule has 2 N–H and O–H groups in total. The van der Waals surface area contributed by atoms with E-state index < -0.39 is 0 Å². The summed E-state index contributed by atoms with van der Waals surface area (Å²) in [6.45, 7) is 1.27. The highest BCUT2D eigenvalue weighted by atomic mass is 35.5. The first kappa shape index (κ1) is 20.0. The minimum atomic E-state index is -0.0769. The van der Waals surface area contributed by atoms with E-state index in [4.69, 9.17) is 27.9 Å². The van der Waals surface area contributed by atoms with Gasteiger partial charge in [0.1, 0.15) is 0 Å². The Balaban J connectivity index is 1.76. The number of carbonyl (C=O) groups is 2. The van der Waals surface area contributed by atoms with E-state index in [9.17, 15) is 9.59 Å². The van der Waals surface area contributed by atoms with Crippen LogP contribution in [0, 0.1) is 11.8 Å². The van der Waals surface area contributed by atoms with Gasteiger partial charge in [-0.1, -0.05) is 23.2 Å². The number of hydrogen-bond donors (Lipinski definition) is 2. The molecule has 1 fully saturated rings. The molecule has 0 bridgehead atoms. The highest BCUT2D eigenvalue weighted by molar-refractivity contribution is 6.42. The van der Waals surface area contributed by atoms with Crippen molar-refractivity contribution in [3.8, 4) is 0 Å². The van der Waals surface area contributed by atoms with Crippen LogP contribution < -0.4 is 10.6 Å². The lowest BCUT2D eigenvalue weighted by atomic mass is 9.81. The predicted molar refractivity (Wildman–Crippen MR) is 100 cm³/mol. The zero-order valence-corrected chi connectivity index (χ0v) is 15.8. The van der Waals surface area contributed by atoms with Crippen molar-refractivity contribution < 1.29 is 14.3 Å². The number of amides is 2. The van der Waals surface area contributed by atoms with Crippen LogP contribution >= 0.6 is 23.2 Å². The van der Waals surface area contributed by atoms with E-state index >= 15 is 0 Å². The minimum Gasteiger partial charge on any atom is -0.385 e. The average molecular weight is 387 g/mol. The summed E-state index contributed by atoms with van der Waals surface area (Å²) < 4.78 is 4.96. The molecule has 1 saturated carbocycles. The summed E-state index contributed by atoms with van der Waals surface area (Å²) in [5, 5.41) is 6.68. The van der Waals surface area contributed by atoms with Crippen LogP contribution in [-0.2, 0) is 14.3 Å². The number of nitrogens with one attached hydrogen (secondary N) is 2. The number of halogens is 2. The highest BCUT2D eigenvalue weighted by Crippen LogP contribution is 2.31. The first-order valence-electron chi connectivity index (χ1n) is 8.54.